The molecule has 2 aromatic carbocycles. The Morgan fingerprint density at radius 3 is 1.95 bits per heavy atom. The van der Waals surface area contributed by atoms with E-state index >= 15 is 0 Å². The Labute approximate surface area is 133 Å². The maximum Gasteiger partial charge on any atom is 0.223 e. The minimum absolute atomic E-state index is 0.278. The maximum absolute atomic E-state index is 6.31. The summed E-state index contributed by atoms with van der Waals surface area (Å²) in [5, 5.41) is 0.974. The number of benzene rings is 2. The van der Waals surface area contributed by atoms with Gasteiger partial charge in [-0.25, -0.2) is 0 Å². The molecule has 20 heavy (non-hydrogen) atoms. The van der Waals surface area contributed by atoms with E-state index in [2.05, 4.69) is 0 Å². The molecule has 2 nitrogen and oxygen atoms in total. The average molecular weight is 332 g/mol. The third-order valence-electron chi connectivity index (χ3n) is 3.12. The molecule has 5 heteroatoms. The predicted octanol–water partition coefficient (Wildman–Crippen LogP) is 5.14. The van der Waals surface area contributed by atoms with Crippen molar-refractivity contribution < 1.29 is 9.47 Å². The molecular formula is C15H13Cl3O2. The number of halogens is 3. The maximum atomic E-state index is 6.31. The minimum atomic E-state index is -1.13. The highest BCUT2D eigenvalue weighted by Gasteiger charge is 2.37. The summed E-state index contributed by atoms with van der Waals surface area (Å²) in [7, 11) is 3.10. The van der Waals surface area contributed by atoms with E-state index in [1.165, 1.54) is 0 Å². The summed E-state index contributed by atoms with van der Waals surface area (Å²) >= 11 is 18.4. The highest BCUT2D eigenvalue weighted by molar-refractivity contribution is 6.48. The van der Waals surface area contributed by atoms with Crippen molar-refractivity contribution in [3.63, 3.8) is 0 Å². The van der Waals surface area contributed by atoms with Crippen molar-refractivity contribution in [2.24, 2.45) is 0 Å². The van der Waals surface area contributed by atoms with Gasteiger partial charge in [0.1, 0.15) is 0 Å². The largest absolute Gasteiger partial charge is 0.346 e. The third-order valence-corrected chi connectivity index (χ3v) is 4.41. The first-order valence-electron chi connectivity index (χ1n) is 5.86. The normalized spacial score (nSPS) is 11.7. The van der Waals surface area contributed by atoms with Gasteiger partial charge in [0.15, 0.2) is 0 Å². The van der Waals surface area contributed by atoms with Crippen molar-refractivity contribution in [2.75, 3.05) is 14.2 Å². The Morgan fingerprint density at radius 2 is 1.40 bits per heavy atom. The molecule has 2 aromatic rings. The van der Waals surface area contributed by atoms with E-state index in [1.807, 2.05) is 30.3 Å². The van der Waals surface area contributed by atoms with E-state index in [4.69, 9.17) is 44.3 Å². The quantitative estimate of drug-likeness (QED) is 0.570. The smallest absolute Gasteiger partial charge is 0.223 e. The molecule has 0 bridgehead atoms. The summed E-state index contributed by atoms with van der Waals surface area (Å²) in [6.45, 7) is 0. The van der Waals surface area contributed by atoms with Crippen LogP contribution in [0.5, 0.6) is 0 Å². The second-order valence-corrected chi connectivity index (χ2v) is 5.28. The zero-order valence-corrected chi connectivity index (χ0v) is 13.3. The molecule has 0 amide bonds. The SMILES string of the molecule is COC(OC)(c1ccccc1)c1ccc(Cl)c(Cl)c1Cl. The fourth-order valence-corrected chi connectivity index (χ4v) is 2.79. The highest BCUT2D eigenvalue weighted by Crippen LogP contribution is 2.42. The average Bonchev–Trinajstić information content (AvgIpc) is 2.49. The topological polar surface area (TPSA) is 18.5 Å². The minimum Gasteiger partial charge on any atom is -0.346 e. The van der Waals surface area contributed by atoms with Crippen molar-refractivity contribution in [1.29, 1.82) is 0 Å². The fourth-order valence-electron chi connectivity index (χ4n) is 2.13. The molecule has 0 aliphatic carbocycles. The standard InChI is InChI=1S/C15H13Cl3O2/c1-19-15(20-2,10-6-4-3-5-7-10)11-8-9-12(16)14(18)13(11)17/h3-9H,1-2H3. The second kappa shape index (κ2) is 6.33. The van der Waals surface area contributed by atoms with Gasteiger partial charge in [-0.1, -0.05) is 71.2 Å². The van der Waals surface area contributed by atoms with Gasteiger partial charge in [-0.3, -0.25) is 0 Å². The van der Waals surface area contributed by atoms with Gasteiger partial charge in [-0.2, -0.15) is 0 Å². The summed E-state index contributed by atoms with van der Waals surface area (Å²) in [4.78, 5) is 0. The van der Waals surface area contributed by atoms with Crippen LogP contribution in [-0.2, 0) is 15.3 Å². The van der Waals surface area contributed by atoms with Gasteiger partial charge in [-0.05, 0) is 6.07 Å². The van der Waals surface area contributed by atoms with Crippen LogP contribution in [0, 0.1) is 0 Å². The molecule has 0 spiro atoms. The van der Waals surface area contributed by atoms with E-state index < -0.39 is 5.79 Å². The lowest BCUT2D eigenvalue weighted by Gasteiger charge is -2.32. The molecule has 106 valence electrons. The first-order valence-corrected chi connectivity index (χ1v) is 7.00. The van der Waals surface area contributed by atoms with E-state index in [1.54, 1.807) is 26.4 Å². The summed E-state index contributed by atoms with van der Waals surface area (Å²) in [6, 6.07) is 12.9. The molecule has 0 heterocycles. The van der Waals surface area contributed by atoms with Crippen LogP contribution >= 0.6 is 34.8 Å². The first kappa shape index (κ1) is 15.6. The van der Waals surface area contributed by atoms with Gasteiger partial charge in [0.2, 0.25) is 5.79 Å². The molecular weight excluding hydrogens is 319 g/mol. The van der Waals surface area contributed by atoms with Crippen molar-refractivity contribution in [2.45, 2.75) is 5.79 Å². The zero-order valence-electron chi connectivity index (χ0n) is 11.0. The number of hydrogen-bond donors (Lipinski definition) is 0. The van der Waals surface area contributed by atoms with Gasteiger partial charge >= 0.3 is 0 Å². The van der Waals surface area contributed by atoms with Crippen LogP contribution in [0.3, 0.4) is 0 Å². The molecule has 0 fully saturated rings. The van der Waals surface area contributed by atoms with Gasteiger partial charge in [-0.15, -0.1) is 0 Å². The van der Waals surface area contributed by atoms with Crippen LogP contribution < -0.4 is 0 Å². The third kappa shape index (κ3) is 2.54. The Balaban J connectivity index is 2.69. The second-order valence-electron chi connectivity index (χ2n) is 4.11. The summed E-state index contributed by atoms with van der Waals surface area (Å²) < 4.78 is 11.3. The van der Waals surface area contributed by atoms with Crippen LogP contribution in [0.1, 0.15) is 11.1 Å². The van der Waals surface area contributed by atoms with E-state index in [0.29, 0.717) is 15.6 Å². The van der Waals surface area contributed by atoms with Gasteiger partial charge in [0, 0.05) is 25.3 Å². The van der Waals surface area contributed by atoms with E-state index in [9.17, 15) is 0 Å². The van der Waals surface area contributed by atoms with Crippen LogP contribution in [0.15, 0.2) is 42.5 Å². The molecule has 0 saturated heterocycles. The van der Waals surface area contributed by atoms with Crippen LogP contribution in [-0.4, -0.2) is 14.2 Å². The lowest BCUT2D eigenvalue weighted by atomic mass is 9.97. The summed E-state index contributed by atoms with van der Waals surface area (Å²) in [5.74, 6) is -1.13. The summed E-state index contributed by atoms with van der Waals surface area (Å²) in [5.41, 5.74) is 1.41. The zero-order chi connectivity index (χ0) is 14.8. The lowest BCUT2D eigenvalue weighted by Crippen LogP contribution is -2.32. The molecule has 0 aliphatic rings. The van der Waals surface area contributed by atoms with E-state index in [-0.39, 0.29) is 5.02 Å². The Bertz CT molecular complexity index is 596. The van der Waals surface area contributed by atoms with Crippen LogP contribution in [0.2, 0.25) is 15.1 Å². The van der Waals surface area contributed by atoms with Crippen LogP contribution in [0.25, 0.3) is 0 Å². The fraction of sp³-hybridized carbons (Fsp3) is 0.200. The summed E-state index contributed by atoms with van der Waals surface area (Å²) in [6.07, 6.45) is 0. The lowest BCUT2D eigenvalue weighted by molar-refractivity contribution is -0.183. The molecule has 0 aliphatic heterocycles. The Hall–Kier alpha value is -0.770. The van der Waals surface area contributed by atoms with Gasteiger partial charge in [0.05, 0.1) is 15.1 Å². The van der Waals surface area contributed by atoms with Gasteiger partial charge < -0.3 is 9.47 Å². The Morgan fingerprint density at radius 1 is 0.800 bits per heavy atom. The molecule has 0 radical (unpaired) electrons. The van der Waals surface area contributed by atoms with Crippen molar-refractivity contribution in [3.8, 4) is 0 Å². The number of hydrogen-bond acceptors (Lipinski definition) is 2. The number of methoxy groups -OCH3 is 2. The van der Waals surface area contributed by atoms with E-state index in [0.717, 1.165) is 5.56 Å². The molecule has 0 saturated carbocycles. The van der Waals surface area contributed by atoms with Crippen molar-refractivity contribution in [3.05, 3.63) is 68.7 Å². The molecule has 0 aromatic heterocycles. The monoisotopic (exact) mass is 330 g/mol. The number of ether oxygens (including phenoxy) is 2. The molecule has 0 atom stereocenters. The highest BCUT2D eigenvalue weighted by atomic mass is 35.5. The van der Waals surface area contributed by atoms with Crippen LogP contribution in [0.4, 0.5) is 0 Å². The first-order chi connectivity index (χ1) is 9.56. The molecule has 2 rings (SSSR count). The predicted molar refractivity (Wildman–Crippen MR) is 82.7 cm³/mol. The Kier molecular flexibility index (Phi) is 4.95. The van der Waals surface area contributed by atoms with Gasteiger partial charge in [0.25, 0.3) is 0 Å². The van der Waals surface area contributed by atoms with Crippen molar-refractivity contribution in [1.82, 2.24) is 0 Å². The molecule has 0 unspecified atom stereocenters. The van der Waals surface area contributed by atoms with Crippen molar-refractivity contribution >= 4 is 34.8 Å². The molecule has 0 N–H and O–H groups in total. The number of rotatable bonds is 4.